The van der Waals surface area contributed by atoms with Crippen LogP contribution in [0.15, 0.2) is 23.0 Å². The van der Waals surface area contributed by atoms with Crippen molar-refractivity contribution < 1.29 is 4.42 Å². The lowest BCUT2D eigenvalue weighted by Crippen LogP contribution is -1.77. The topological polar surface area (TPSA) is 56.5 Å². The van der Waals surface area contributed by atoms with Gasteiger partial charge >= 0.3 is 5.84 Å². The van der Waals surface area contributed by atoms with Gasteiger partial charge in [-0.3, -0.25) is 4.40 Å². The van der Waals surface area contributed by atoms with E-state index in [4.69, 9.17) is 10.2 Å². The van der Waals surface area contributed by atoms with Gasteiger partial charge < -0.3 is 10.2 Å². The molecule has 4 nitrogen and oxygen atoms in total. The monoisotopic (exact) mass is 123 g/mol. The predicted molar refractivity (Wildman–Crippen MR) is 31.9 cm³/mol. The van der Waals surface area contributed by atoms with Crippen molar-refractivity contribution in [3.8, 4) is 0 Å². The van der Waals surface area contributed by atoms with E-state index < -0.39 is 0 Å². The second kappa shape index (κ2) is 1.28. The minimum atomic E-state index is 0.387. The maximum absolute atomic E-state index is 5.31. The molecule has 2 aromatic heterocycles. The molecular formula is C5H5N3O. The van der Waals surface area contributed by atoms with Crippen molar-refractivity contribution in [2.45, 2.75) is 0 Å². The van der Waals surface area contributed by atoms with Crippen molar-refractivity contribution >= 4 is 11.7 Å². The summed E-state index contributed by atoms with van der Waals surface area (Å²) in [6.07, 6.45) is 5.09. The Hall–Kier alpha value is -1.45. The molecule has 0 radical (unpaired) electrons. The Morgan fingerprint density at radius 3 is 3.33 bits per heavy atom. The molecule has 0 spiro atoms. The second-order valence-electron chi connectivity index (χ2n) is 1.75. The summed E-state index contributed by atoms with van der Waals surface area (Å²) in [4.78, 5) is 3.86. The fraction of sp³-hybridized carbons (Fsp3) is 0. The van der Waals surface area contributed by atoms with Gasteiger partial charge in [0.1, 0.15) is 0 Å². The third-order valence-corrected chi connectivity index (χ3v) is 1.11. The average Bonchev–Trinajstić information content (AvgIpc) is 2.22. The number of rotatable bonds is 0. The highest BCUT2D eigenvalue weighted by Crippen LogP contribution is 2.07. The number of hydrogen-bond donors (Lipinski definition) is 1. The zero-order valence-electron chi connectivity index (χ0n) is 4.61. The van der Waals surface area contributed by atoms with Gasteiger partial charge in [-0.1, -0.05) is 0 Å². The first kappa shape index (κ1) is 4.43. The van der Waals surface area contributed by atoms with E-state index in [1.165, 1.54) is 0 Å². The molecule has 46 valence electrons. The van der Waals surface area contributed by atoms with Gasteiger partial charge in [-0.05, 0) is 0 Å². The minimum absolute atomic E-state index is 0.387. The average molecular weight is 123 g/mol. The summed E-state index contributed by atoms with van der Waals surface area (Å²) in [6, 6.07) is 0. The summed E-state index contributed by atoms with van der Waals surface area (Å²) in [7, 11) is 0. The quantitative estimate of drug-likeness (QED) is 0.555. The molecule has 0 atom stereocenters. The van der Waals surface area contributed by atoms with Crippen LogP contribution in [0.1, 0.15) is 0 Å². The number of nitrogens with two attached hydrogens (primary N) is 1. The Kier molecular flexibility index (Phi) is 0.631. The molecule has 0 saturated carbocycles. The first-order valence-electron chi connectivity index (χ1n) is 2.54. The number of nitrogen functional groups attached to an aromatic ring is 1. The van der Waals surface area contributed by atoms with E-state index >= 15 is 0 Å². The molecule has 0 amide bonds. The summed E-state index contributed by atoms with van der Waals surface area (Å²) in [6.45, 7) is 0. The van der Waals surface area contributed by atoms with Crippen LogP contribution in [-0.4, -0.2) is 9.38 Å². The van der Waals surface area contributed by atoms with Crippen LogP contribution in [0.25, 0.3) is 5.84 Å². The largest absolute Gasteiger partial charge is 0.407 e. The summed E-state index contributed by atoms with van der Waals surface area (Å²) in [5, 5.41) is 0. The molecule has 2 rings (SSSR count). The predicted octanol–water partition coefficient (Wildman–Crippen LogP) is 0.510. The van der Waals surface area contributed by atoms with Gasteiger partial charge in [0.15, 0.2) is 0 Å². The van der Waals surface area contributed by atoms with Gasteiger partial charge in [0.25, 0.3) is 0 Å². The summed E-state index contributed by atoms with van der Waals surface area (Å²) < 4.78 is 6.66. The highest BCUT2D eigenvalue weighted by Gasteiger charge is 1.97. The molecule has 4 heteroatoms. The molecule has 0 aromatic carbocycles. The van der Waals surface area contributed by atoms with Gasteiger partial charge in [0, 0.05) is 12.4 Å². The Bertz CT molecular complexity index is 293. The maximum atomic E-state index is 5.31. The number of fused-ring (bicyclic) bond motifs is 1. The van der Waals surface area contributed by atoms with Crippen molar-refractivity contribution in [3.63, 3.8) is 0 Å². The zero-order valence-corrected chi connectivity index (χ0v) is 4.61. The zero-order chi connectivity index (χ0) is 6.27. The molecule has 0 bridgehead atoms. The Morgan fingerprint density at radius 1 is 1.67 bits per heavy atom. The van der Waals surface area contributed by atoms with E-state index in [2.05, 4.69) is 4.98 Å². The number of hydrogen-bond acceptors (Lipinski definition) is 3. The number of imidazole rings is 1. The van der Waals surface area contributed by atoms with Crippen molar-refractivity contribution in [2.24, 2.45) is 0 Å². The SMILES string of the molecule is Nc1cn2ccnc2o1. The van der Waals surface area contributed by atoms with Crippen molar-refractivity contribution in [1.82, 2.24) is 9.38 Å². The van der Waals surface area contributed by atoms with E-state index in [9.17, 15) is 0 Å². The molecule has 0 fully saturated rings. The molecule has 0 aliphatic carbocycles. The van der Waals surface area contributed by atoms with Crippen molar-refractivity contribution in [1.29, 1.82) is 0 Å². The fourth-order valence-corrected chi connectivity index (χ4v) is 0.746. The minimum Gasteiger partial charge on any atom is -0.407 e. The maximum Gasteiger partial charge on any atom is 0.307 e. The molecular weight excluding hydrogens is 118 g/mol. The molecule has 2 N–H and O–H groups in total. The third-order valence-electron chi connectivity index (χ3n) is 1.11. The molecule has 9 heavy (non-hydrogen) atoms. The first-order chi connectivity index (χ1) is 4.36. The van der Waals surface area contributed by atoms with Crippen LogP contribution in [0.5, 0.6) is 0 Å². The van der Waals surface area contributed by atoms with Gasteiger partial charge in [-0.2, -0.15) is 0 Å². The van der Waals surface area contributed by atoms with E-state index in [0.29, 0.717) is 11.7 Å². The molecule has 2 aromatic rings. The number of aromatic nitrogens is 2. The van der Waals surface area contributed by atoms with Gasteiger partial charge in [0.2, 0.25) is 5.88 Å². The number of nitrogens with zero attached hydrogens (tertiary/aromatic N) is 2. The smallest absolute Gasteiger partial charge is 0.307 e. The first-order valence-corrected chi connectivity index (χ1v) is 2.54. The highest BCUT2D eigenvalue weighted by atomic mass is 16.4. The van der Waals surface area contributed by atoms with Crippen LogP contribution < -0.4 is 5.73 Å². The Balaban J connectivity index is 2.92. The van der Waals surface area contributed by atoms with Crippen LogP contribution in [0.2, 0.25) is 0 Å². The summed E-state index contributed by atoms with van der Waals surface area (Å²) in [5.74, 6) is 0.922. The third kappa shape index (κ3) is 0.495. The van der Waals surface area contributed by atoms with Crippen molar-refractivity contribution in [2.75, 3.05) is 5.73 Å². The lowest BCUT2D eigenvalue weighted by Gasteiger charge is -1.71. The lowest BCUT2D eigenvalue weighted by molar-refractivity contribution is 0.615. The van der Waals surface area contributed by atoms with Crippen LogP contribution >= 0.6 is 0 Å². The van der Waals surface area contributed by atoms with Gasteiger partial charge in [0.05, 0.1) is 6.20 Å². The lowest BCUT2D eigenvalue weighted by atomic mass is 10.8. The molecule has 0 unspecified atom stereocenters. The standard InChI is InChI=1S/C5H5N3O/c6-4-3-8-2-1-7-5(8)9-4/h1-3H,6H2. The van der Waals surface area contributed by atoms with E-state index in [-0.39, 0.29) is 0 Å². The van der Waals surface area contributed by atoms with Crippen LogP contribution in [0, 0.1) is 0 Å². The van der Waals surface area contributed by atoms with Crippen LogP contribution in [-0.2, 0) is 0 Å². The normalized spacial score (nSPS) is 10.7. The molecule has 0 aliphatic rings. The second-order valence-corrected chi connectivity index (χ2v) is 1.75. The summed E-state index contributed by atoms with van der Waals surface area (Å²) >= 11 is 0. The van der Waals surface area contributed by atoms with Crippen LogP contribution in [0.4, 0.5) is 5.88 Å². The number of anilines is 1. The fourth-order valence-electron chi connectivity index (χ4n) is 0.746. The molecule has 0 aliphatic heterocycles. The number of oxazole rings is 1. The van der Waals surface area contributed by atoms with Gasteiger partial charge in [-0.25, -0.2) is 4.98 Å². The van der Waals surface area contributed by atoms with Gasteiger partial charge in [-0.15, -0.1) is 0 Å². The molecule has 2 heterocycles. The Labute approximate surface area is 50.9 Å². The highest BCUT2D eigenvalue weighted by molar-refractivity contribution is 5.33. The molecule has 0 saturated heterocycles. The van der Waals surface area contributed by atoms with E-state index in [0.717, 1.165) is 0 Å². The summed E-state index contributed by atoms with van der Waals surface area (Å²) in [5.41, 5.74) is 5.31. The van der Waals surface area contributed by atoms with Crippen molar-refractivity contribution in [3.05, 3.63) is 18.6 Å². The van der Waals surface area contributed by atoms with Crippen LogP contribution in [0.3, 0.4) is 0 Å². The van der Waals surface area contributed by atoms with E-state index in [1.54, 1.807) is 23.0 Å². The Morgan fingerprint density at radius 2 is 2.56 bits per heavy atom. The van der Waals surface area contributed by atoms with E-state index in [1.807, 2.05) is 0 Å².